The Morgan fingerprint density at radius 1 is 1.16 bits per heavy atom. The van der Waals surface area contributed by atoms with Gasteiger partial charge in [-0.05, 0) is 19.1 Å². The Morgan fingerprint density at radius 3 is 2.11 bits per heavy atom. The van der Waals surface area contributed by atoms with Gasteiger partial charge < -0.3 is 5.32 Å². The average Bonchev–Trinajstić information content (AvgIpc) is 2.32. The number of amides is 1. The first kappa shape index (κ1) is 18.5. The van der Waals surface area contributed by atoms with E-state index in [1.165, 1.54) is 19.1 Å². The maximum Gasteiger partial charge on any atom is 0.276 e. The van der Waals surface area contributed by atoms with Crippen molar-refractivity contribution in [2.75, 3.05) is 5.32 Å². The number of para-hydroxylation sites is 1. The van der Waals surface area contributed by atoms with Crippen LogP contribution < -0.4 is 5.32 Å². The summed E-state index contributed by atoms with van der Waals surface area (Å²) < 4.78 is -2.12. The number of carbonyl (C=O) groups excluding carboxylic acids is 2. The van der Waals surface area contributed by atoms with Crippen LogP contribution in [0.2, 0.25) is 5.02 Å². The molecule has 0 aromatic heterocycles. The molecular formula is C12H13Cl4NO2. The van der Waals surface area contributed by atoms with Crippen LogP contribution in [0.3, 0.4) is 0 Å². The number of Topliss-reactive ketones (excluding diaryl/α,β-unsaturated/α-hetero) is 1. The zero-order valence-electron chi connectivity index (χ0n) is 10.6. The molecule has 1 rings (SSSR count). The Labute approximate surface area is 132 Å². The van der Waals surface area contributed by atoms with Crippen molar-refractivity contribution in [3.05, 3.63) is 28.8 Å². The highest BCUT2D eigenvalue weighted by Gasteiger charge is 2.31. The number of rotatable bonds is 2. The number of anilines is 1. The van der Waals surface area contributed by atoms with E-state index in [0.717, 1.165) is 0 Å². The van der Waals surface area contributed by atoms with Gasteiger partial charge in [0.15, 0.2) is 5.78 Å². The number of carbonyl (C=O) groups is 2. The fraction of sp³-hybridized carbons (Fsp3) is 0.333. The second-order valence-electron chi connectivity index (χ2n) is 3.17. The number of nitrogens with one attached hydrogen (secondary N) is 1. The zero-order valence-corrected chi connectivity index (χ0v) is 13.6. The van der Waals surface area contributed by atoms with Crippen molar-refractivity contribution in [1.82, 2.24) is 0 Å². The molecule has 1 amide bonds. The van der Waals surface area contributed by atoms with E-state index in [1.54, 1.807) is 6.07 Å². The Kier molecular flexibility index (Phi) is 7.75. The van der Waals surface area contributed by atoms with Crippen LogP contribution in [0.1, 0.15) is 31.1 Å². The molecule has 0 aliphatic heterocycles. The molecule has 0 saturated heterocycles. The number of halogens is 4. The van der Waals surface area contributed by atoms with Gasteiger partial charge in [-0.25, -0.2) is 0 Å². The minimum atomic E-state index is -2.12. The van der Waals surface area contributed by atoms with Crippen molar-refractivity contribution in [3.8, 4) is 0 Å². The summed E-state index contributed by atoms with van der Waals surface area (Å²) in [5.74, 6) is -1.13. The van der Waals surface area contributed by atoms with Gasteiger partial charge in [0.1, 0.15) is 0 Å². The molecular weight excluding hydrogens is 332 g/mol. The molecule has 0 atom stereocenters. The molecule has 1 aromatic carbocycles. The Balaban J connectivity index is 0.00000154. The van der Waals surface area contributed by atoms with Gasteiger partial charge in [-0.15, -0.1) is 0 Å². The molecule has 7 heteroatoms. The highest BCUT2D eigenvalue weighted by Crippen LogP contribution is 2.31. The van der Waals surface area contributed by atoms with E-state index in [-0.39, 0.29) is 22.1 Å². The predicted molar refractivity (Wildman–Crippen MR) is 81.7 cm³/mol. The summed E-state index contributed by atoms with van der Waals surface area (Å²) in [7, 11) is 0. The first-order chi connectivity index (χ1) is 8.73. The molecule has 0 spiro atoms. The van der Waals surface area contributed by atoms with E-state index >= 15 is 0 Å². The van der Waals surface area contributed by atoms with Crippen molar-refractivity contribution in [2.24, 2.45) is 0 Å². The quantitative estimate of drug-likeness (QED) is 0.614. The Bertz CT molecular complexity index is 469. The molecule has 0 aliphatic carbocycles. The van der Waals surface area contributed by atoms with Crippen molar-refractivity contribution in [1.29, 1.82) is 0 Å². The highest BCUT2D eigenvalue weighted by atomic mass is 35.6. The first-order valence-corrected chi connectivity index (χ1v) is 6.92. The van der Waals surface area contributed by atoms with Crippen LogP contribution in [-0.4, -0.2) is 15.5 Å². The van der Waals surface area contributed by atoms with Crippen molar-refractivity contribution >= 4 is 63.8 Å². The third-order valence-corrected chi connectivity index (χ3v) is 2.72. The standard InChI is InChI=1S/C10H7Cl4NO2.C2H6/c1-5(16)6-3-2-4-7(11)8(6)15-9(17)10(12,13)14;1-2/h2-4H,1H3,(H,15,17);1-2H3. The van der Waals surface area contributed by atoms with E-state index in [0.29, 0.717) is 0 Å². The monoisotopic (exact) mass is 343 g/mol. The van der Waals surface area contributed by atoms with E-state index in [9.17, 15) is 9.59 Å². The van der Waals surface area contributed by atoms with Crippen LogP contribution in [0.5, 0.6) is 0 Å². The molecule has 19 heavy (non-hydrogen) atoms. The van der Waals surface area contributed by atoms with Gasteiger partial charge in [-0.2, -0.15) is 0 Å². The van der Waals surface area contributed by atoms with Crippen LogP contribution in [0.25, 0.3) is 0 Å². The van der Waals surface area contributed by atoms with Gasteiger partial charge in [0, 0.05) is 5.56 Å². The van der Waals surface area contributed by atoms with Crippen molar-refractivity contribution < 1.29 is 9.59 Å². The molecule has 0 fully saturated rings. The summed E-state index contributed by atoms with van der Waals surface area (Å²) in [6, 6.07) is 4.62. The van der Waals surface area contributed by atoms with Crippen molar-refractivity contribution in [2.45, 2.75) is 24.6 Å². The summed E-state index contributed by atoms with van der Waals surface area (Å²) >= 11 is 22.1. The largest absolute Gasteiger partial charge is 0.320 e. The van der Waals surface area contributed by atoms with Gasteiger partial charge in [-0.1, -0.05) is 66.3 Å². The van der Waals surface area contributed by atoms with Crippen LogP contribution in [0, 0.1) is 0 Å². The van der Waals surface area contributed by atoms with E-state index < -0.39 is 9.70 Å². The molecule has 0 saturated carbocycles. The van der Waals surface area contributed by atoms with E-state index in [4.69, 9.17) is 46.4 Å². The summed E-state index contributed by atoms with van der Waals surface area (Å²) in [6.45, 7) is 5.34. The third kappa shape index (κ3) is 5.57. The number of alkyl halides is 3. The number of benzene rings is 1. The summed E-state index contributed by atoms with van der Waals surface area (Å²) in [5.41, 5.74) is 0.387. The molecule has 0 unspecified atom stereocenters. The van der Waals surface area contributed by atoms with Gasteiger partial charge in [0.2, 0.25) is 0 Å². The van der Waals surface area contributed by atoms with Crippen LogP contribution in [0.4, 0.5) is 5.69 Å². The molecule has 3 nitrogen and oxygen atoms in total. The van der Waals surface area contributed by atoms with Gasteiger partial charge in [0.05, 0.1) is 10.7 Å². The maximum absolute atomic E-state index is 11.5. The molecule has 0 aliphatic rings. The van der Waals surface area contributed by atoms with Gasteiger partial charge in [-0.3, -0.25) is 9.59 Å². The number of hydrogen-bond acceptors (Lipinski definition) is 2. The minimum Gasteiger partial charge on any atom is -0.320 e. The zero-order chi connectivity index (χ0) is 15.2. The second-order valence-corrected chi connectivity index (χ2v) is 5.86. The third-order valence-electron chi connectivity index (χ3n) is 1.89. The summed E-state index contributed by atoms with van der Waals surface area (Å²) in [4.78, 5) is 22.8. The number of hydrogen-bond donors (Lipinski definition) is 1. The van der Waals surface area contributed by atoms with Gasteiger partial charge >= 0.3 is 0 Å². The maximum atomic E-state index is 11.5. The van der Waals surface area contributed by atoms with Crippen LogP contribution in [-0.2, 0) is 4.79 Å². The molecule has 106 valence electrons. The van der Waals surface area contributed by atoms with Gasteiger partial charge in [0.25, 0.3) is 9.70 Å². The predicted octanol–water partition coefficient (Wildman–Crippen LogP) is 4.88. The van der Waals surface area contributed by atoms with E-state index in [1.807, 2.05) is 13.8 Å². The SMILES string of the molecule is CC.CC(=O)c1cccc(Cl)c1NC(=O)C(Cl)(Cl)Cl. The second kappa shape index (κ2) is 7.95. The molecule has 1 N–H and O–H groups in total. The lowest BCUT2D eigenvalue weighted by Crippen LogP contribution is -2.27. The fourth-order valence-electron chi connectivity index (χ4n) is 1.13. The molecule has 1 aromatic rings. The van der Waals surface area contributed by atoms with Crippen LogP contribution in [0.15, 0.2) is 18.2 Å². The molecule has 0 radical (unpaired) electrons. The lowest BCUT2D eigenvalue weighted by Gasteiger charge is -2.14. The molecule has 0 heterocycles. The van der Waals surface area contributed by atoms with E-state index in [2.05, 4.69) is 5.32 Å². The summed E-state index contributed by atoms with van der Waals surface area (Å²) in [5, 5.41) is 2.51. The highest BCUT2D eigenvalue weighted by molar-refractivity contribution is 6.76. The molecule has 0 bridgehead atoms. The Hall–Kier alpha value is -0.480. The van der Waals surface area contributed by atoms with Crippen molar-refractivity contribution in [3.63, 3.8) is 0 Å². The fourth-order valence-corrected chi connectivity index (χ4v) is 1.49. The number of ketones is 1. The minimum absolute atomic E-state index is 0.137. The lowest BCUT2D eigenvalue weighted by molar-refractivity contribution is -0.115. The Morgan fingerprint density at radius 2 is 1.68 bits per heavy atom. The first-order valence-electron chi connectivity index (χ1n) is 5.41. The topological polar surface area (TPSA) is 46.2 Å². The normalized spacial score (nSPS) is 10.3. The smallest absolute Gasteiger partial charge is 0.276 e. The average molecular weight is 345 g/mol. The lowest BCUT2D eigenvalue weighted by atomic mass is 10.1. The summed E-state index contributed by atoms with van der Waals surface area (Å²) in [6.07, 6.45) is 0. The van der Waals surface area contributed by atoms with Crippen LogP contribution >= 0.6 is 46.4 Å².